The second kappa shape index (κ2) is 7.09. The summed E-state index contributed by atoms with van der Waals surface area (Å²) in [5.41, 5.74) is 0.839. The molecule has 5 nitrogen and oxygen atoms in total. The maximum atomic E-state index is 13.1. The summed E-state index contributed by atoms with van der Waals surface area (Å²) >= 11 is 0. The van der Waals surface area contributed by atoms with E-state index in [2.05, 4.69) is 0 Å². The summed E-state index contributed by atoms with van der Waals surface area (Å²) < 4.78 is 33.3. The Bertz CT molecular complexity index is 631. The summed E-state index contributed by atoms with van der Waals surface area (Å²) in [5, 5.41) is 0. The molecule has 6 heteroatoms. The lowest BCUT2D eigenvalue weighted by Crippen LogP contribution is -2.37. The van der Waals surface area contributed by atoms with Crippen molar-refractivity contribution < 1.29 is 13.2 Å². The first-order valence-electron chi connectivity index (χ1n) is 8.20. The van der Waals surface area contributed by atoms with Gasteiger partial charge in [-0.05, 0) is 30.0 Å². The molecule has 0 aliphatic carbocycles. The molecule has 0 spiro atoms. The van der Waals surface area contributed by atoms with Crippen molar-refractivity contribution in [2.75, 3.05) is 38.2 Å². The zero-order valence-corrected chi connectivity index (χ0v) is 15.6. The number of likely N-dealkylation sites (N-methyl/N-ethyl adjacent to an activating group) is 1. The van der Waals surface area contributed by atoms with E-state index in [0.29, 0.717) is 24.6 Å². The Morgan fingerprint density at radius 2 is 1.78 bits per heavy atom. The summed E-state index contributed by atoms with van der Waals surface area (Å²) in [7, 11) is -1.54. The van der Waals surface area contributed by atoms with Gasteiger partial charge in [0.25, 0.3) is 0 Å². The molecule has 130 valence electrons. The predicted molar refractivity (Wildman–Crippen MR) is 93.6 cm³/mol. The minimum absolute atomic E-state index is 0.284. The summed E-state index contributed by atoms with van der Waals surface area (Å²) in [6, 6.07) is 5.15. The van der Waals surface area contributed by atoms with Crippen molar-refractivity contribution in [1.82, 2.24) is 4.31 Å². The highest BCUT2D eigenvalue weighted by atomic mass is 32.2. The van der Waals surface area contributed by atoms with Crippen LogP contribution in [0, 0.1) is 11.8 Å². The van der Waals surface area contributed by atoms with E-state index in [1.54, 1.807) is 22.5 Å². The van der Waals surface area contributed by atoms with Gasteiger partial charge in [-0.2, -0.15) is 4.31 Å². The van der Waals surface area contributed by atoms with E-state index in [1.165, 1.54) is 0 Å². The van der Waals surface area contributed by atoms with Gasteiger partial charge in [-0.15, -0.1) is 0 Å². The van der Waals surface area contributed by atoms with Crippen molar-refractivity contribution in [3.63, 3.8) is 0 Å². The molecule has 0 unspecified atom stereocenters. The van der Waals surface area contributed by atoms with Crippen LogP contribution in [0.15, 0.2) is 23.1 Å². The largest absolute Gasteiger partial charge is 0.490 e. The molecule has 0 radical (unpaired) electrons. The third-order valence-electron chi connectivity index (χ3n) is 3.80. The fourth-order valence-corrected chi connectivity index (χ4v) is 4.51. The van der Waals surface area contributed by atoms with Crippen LogP contribution < -0.4 is 9.64 Å². The molecule has 0 amide bonds. The van der Waals surface area contributed by atoms with Crippen LogP contribution in [0.2, 0.25) is 0 Å². The molecule has 0 saturated carbocycles. The molecular weight excluding hydrogens is 312 g/mol. The molecule has 1 aromatic carbocycles. The van der Waals surface area contributed by atoms with Crippen molar-refractivity contribution in [2.45, 2.75) is 32.6 Å². The van der Waals surface area contributed by atoms with Crippen molar-refractivity contribution in [3.05, 3.63) is 18.2 Å². The Labute approximate surface area is 140 Å². The van der Waals surface area contributed by atoms with Crippen molar-refractivity contribution in [3.8, 4) is 5.75 Å². The molecule has 1 heterocycles. The zero-order valence-electron chi connectivity index (χ0n) is 14.7. The molecule has 0 atom stereocenters. The highest BCUT2D eigenvalue weighted by Gasteiger charge is 2.27. The maximum Gasteiger partial charge on any atom is 0.243 e. The molecule has 1 aliphatic rings. The Morgan fingerprint density at radius 1 is 1.17 bits per heavy atom. The predicted octanol–water partition coefficient (Wildman–Crippen LogP) is 2.82. The van der Waals surface area contributed by atoms with Crippen LogP contribution in [-0.4, -0.2) is 46.0 Å². The van der Waals surface area contributed by atoms with Crippen LogP contribution in [0.4, 0.5) is 5.69 Å². The SMILES string of the molecule is CC(C)CN(CC(C)C)S(=O)(=O)c1ccc2c(c1)N(C)CCO2. The number of anilines is 1. The Kier molecular flexibility index (Phi) is 5.57. The molecule has 0 aromatic heterocycles. The number of rotatable bonds is 6. The molecular formula is C17H28N2O3S. The highest BCUT2D eigenvalue weighted by Crippen LogP contribution is 2.33. The molecule has 0 fully saturated rings. The zero-order chi connectivity index (χ0) is 17.2. The van der Waals surface area contributed by atoms with E-state index < -0.39 is 10.0 Å². The van der Waals surface area contributed by atoms with E-state index in [1.807, 2.05) is 39.6 Å². The second-order valence-corrected chi connectivity index (χ2v) is 8.95. The molecule has 1 aliphatic heterocycles. The van der Waals surface area contributed by atoms with E-state index in [9.17, 15) is 8.42 Å². The number of sulfonamides is 1. The van der Waals surface area contributed by atoms with E-state index in [-0.39, 0.29) is 11.8 Å². The minimum atomic E-state index is -3.50. The van der Waals surface area contributed by atoms with Gasteiger partial charge in [0.15, 0.2) is 0 Å². The first-order chi connectivity index (χ1) is 10.7. The number of ether oxygens (including phenoxy) is 1. The van der Waals surface area contributed by atoms with Crippen LogP contribution in [0.3, 0.4) is 0 Å². The van der Waals surface area contributed by atoms with Crippen LogP contribution in [0.5, 0.6) is 5.75 Å². The lowest BCUT2D eigenvalue weighted by atomic mass is 10.2. The van der Waals surface area contributed by atoms with Gasteiger partial charge in [-0.25, -0.2) is 8.42 Å². The third kappa shape index (κ3) is 4.18. The average molecular weight is 340 g/mol. The quantitative estimate of drug-likeness (QED) is 0.799. The van der Waals surface area contributed by atoms with Gasteiger partial charge in [0.05, 0.1) is 17.1 Å². The smallest absolute Gasteiger partial charge is 0.243 e. The van der Waals surface area contributed by atoms with Crippen LogP contribution in [-0.2, 0) is 10.0 Å². The van der Waals surface area contributed by atoms with Crippen molar-refractivity contribution in [2.24, 2.45) is 11.8 Å². The summed E-state index contributed by atoms with van der Waals surface area (Å²) in [4.78, 5) is 2.38. The topological polar surface area (TPSA) is 49.9 Å². The fourth-order valence-electron chi connectivity index (χ4n) is 2.73. The average Bonchev–Trinajstić information content (AvgIpc) is 2.45. The monoisotopic (exact) mass is 340 g/mol. The second-order valence-electron chi connectivity index (χ2n) is 7.01. The molecule has 2 rings (SSSR count). The van der Waals surface area contributed by atoms with Gasteiger partial charge < -0.3 is 9.64 Å². The molecule has 0 N–H and O–H groups in total. The van der Waals surface area contributed by atoms with Crippen LogP contribution in [0.1, 0.15) is 27.7 Å². The van der Waals surface area contributed by atoms with Gasteiger partial charge in [0.2, 0.25) is 10.0 Å². The van der Waals surface area contributed by atoms with Crippen LogP contribution in [0.25, 0.3) is 0 Å². The molecule has 0 saturated heterocycles. The van der Waals surface area contributed by atoms with Crippen molar-refractivity contribution in [1.29, 1.82) is 0 Å². The summed E-state index contributed by atoms with van der Waals surface area (Å²) in [6.07, 6.45) is 0. The Balaban J connectivity index is 2.38. The lowest BCUT2D eigenvalue weighted by molar-refractivity contribution is 0.310. The van der Waals surface area contributed by atoms with Crippen molar-refractivity contribution >= 4 is 15.7 Å². The van der Waals surface area contributed by atoms with Gasteiger partial charge in [0.1, 0.15) is 12.4 Å². The minimum Gasteiger partial charge on any atom is -0.490 e. The number of fused-ring (bicyclic) bond motifs is 1. The number of benzene rings is 1. The molecule has 0 bridgehead atoms. The van der Waals surface area contributed by atoms with E-state index >= 15 is 0 Å². The summed E-state index contributed by atoms with van der Waals surface area (Å²) in [6.45, 7) is 10.6. The first kappa shape index (κ1) is 18.1. The fraction of sp³-hybridized carbons (Fsp3) is 0.647. The van der Waals surface area contributed by atoms with E-state index in [0.717, 1.165) is 18.0 Å². The first-order valence-corrected chi connectivity index (χ1v) is 9.64. The standard InChI is InChI=1S/C17H28N2O3S/c1-13(2)11-19(12-14(3)4)23(20,21)15-6-7-17-16(10-15)18(5)8-9-22-17/h6-7,10,13-14H,8-9,11-12H2,1-5H3. The van der Waals surface area contributed by atoms with E-state index in [4.69, 9.17) is 4.74 Å². The third-order valence-corrected chi connectivity index (χ3v) is 5.63. The number of nitrogens with zero attached hydrogens (tertiary/aromatic N) is 2. The normalized spacial score (nSPS) is 15.2. The van der Waals surface area contributed by atoms with Gasteiger partial charge in [-0.3, -0.25) is 0 Å². The summed E-state index contributed by atoms with van der Waals surface area (Å²) in [5.74, 6) is 1.32. The highest BCUT2D eigenvalue weighted by molar-refractivity contribution is 7.89. The Morgan fingerprint density at radius 3 is 2.35 bits per heavy atom. The number of hydrogen-bond donors (Lipinski definition) is 0. The Hall–Kier alpha value is -1.27. The molecule has 1 aromatic rings. The maximum absolute atomic E-state index is 13.1. The lowest BCUT2D eigenvalue weighted by Gasteiger charge is -2.29. The van der Waals surface area contributed by atoms with Crippen LogP contribution >= 0.6 is 0 Å². The van der Waals surface area contributed by atoms with Gasteiger partial charge >= 0.3 is 0 Å². The number of hydrogen-bond acceptors (Lipinski definition) is 4. The van der Waals surface area contributed by atoms with Gasteiger partial charge in [0, 0.05) is 20.1 Å². The molecule has 23 heavy (non-hydrogen) atoms. The van der Waals surface area contributed by atoms with Gasteiger partial charge in [-0.1, -0.05) is 27.7 Å².